The summed E-state index contributed by atoms with van der Waals surface area (Å²) in [5.74, 6) is 2.87. The van der Waals surface area contributed by atoms with Gasteiger partial charge in [-0.3, -0.25) is 0 Å². The fourth-order valence-electron chi connectivity index (χ4n) is 0.381. The molecule has 0 unspecified atom stereocenters. The summed E-state index contributed by atoms with van der Waals surface area (Å²) in [6.45, 7) is 0.951. The molecule has 0 aromatic rings. The van der Waals surface area contributed by atoms with E-state index in [0.29, 0.717) is 0 Å². The lowest BCUT2D eigenvalue weighted by Gasteiger charge is -1.88. The first kappa shape index (κ1) is 3.42. The first-order chi connectivity index (χ1) is 3.00. The maximum Gasteiger partial charge on any atom is 0.165 e. The molecule has 1 nitrogen and oxygen atoms in total. The van der Waals surface area contributed by atoms with Crippen molar-refractivity contribution in [3.8, 4) is 12.0 Å². The van der Waals surface area contributed by atoms with E-state index in [2.05, 4.69) is 23.7 Å². The van der Waals surface area contributed by atoms with Crippen molar-refractivity contribution in [2.75, 3.05) is 6.54 Å². The number of nitrogens with one attached hydrogen (secondary N) is 1. The van der Waals surface area contributed by atoms with Crippen LogP contribution in [0, 0.1) is 18.4 Å². The van der Waals surface area contributed by atoms with Crippen LogP contribution >= 0.6 is 0 Å². The second kappa shape index (κ2) is 1.61. The van der Waals surface area contributed by atoms with Crippen molar-refractivity contribution in [2.24, 2.45) is 0 Å². The Labute approximate surface area is 37.7 Å². The SMILES string of the molecule is C1#CNC[CH+]C1. The van der Waals surface area contributed by atoms with Gasteiger partial charge in [-0.05, 0) is 5.92 Å². The predicted molar refractivity (Wildman–Crippen MR) is 24.7 cm³/mol. The Hall–Kier alpha value is -0.770. The van der Waals surface area contributed by atoms with E-state index in [4.69, 9.17) is 0 Å². The molecular weight excluding hydrogens is 74.1 g/mol. The summed E-state index contributed by atoms with van der Waals surface area (Å²) in [6, 6.07) is 2.75. The Balaban J connectivity index is 2.36. The third-order valence-electron chi connectivity index (χ3n) is 0.670. The molecule has 1 aliphatic heterocycles. The maximum atomic E-state index is 2.87. The second-order valence-corrected chi connectivity index (χ2v) is 1.18. The van der Waals surface area contributed by atoms with Crippen LogP contribution in [0.4, 0.5) is 0 Å². The Morgan fingerprint density at radius 1 is 1.67 bits per heavy atom. The van der Waals surface area contributed by atoms with Gasteiger partial charge in [-0.1, -0.05) is 0 Å². The van der Waals surface area contributed by atoms with E-state index in [1.54, 1.807) is 0 Å². The number of hydrogen-bond donors (Lipinski definition) is 1. The molecule has 0 aromatic heterocycles. The van der Waals surface area contributed by atoms with Crippen LogP contribution in [0.3, 0.4) is 0 Å². The summed E-state index contributed by atoms with van der Waals surface area (Å²) in [5, 5.41) is 2.87. The Kier molecular flexibility index (Phi) is 0.920. The van der Waals surface area contributed by atoms with Gasteiger partial charge in [0.1, 0.15) is 6.42 Å². The van der Waals surface area contributed by atoms with Crippen molar-refractivity contribution < 1.29 is 0 Å². The number of hydrogen-bond acceptors (Lipinski definition) is 1. The minimum atomic E-state index is 0.951. The standard InChI is InChI=1S/C5H6N/c1-2-4-6-5-3-1/h2,6H,1,4H2/q+1. The average Bonchev–Trinajstić information content (AvgIpc) is 1.72. The Morgan fingerprint density at radius 2 is 2.67 bits per heavy atom. The van der Waals surface area contributed by atoms with Crippen LogP contribution in [0.15, 0.2) is 0 Å². The lowest BCUT2D eigenvalue weighted by molar-refractivity contribution is 0.913. The maximum absolute atomic E-state index is 2.87. The lowest BCUT2D eigenvalue weighted by atomic mass is 10.3. The second-order valence-electron chi connectivity index (χ2n) is 1.18. The number of rotatable bonds is 0. The lowest BCUT2D eigenvalue weighted by Crippen LogP contribution is -2.10. The monoisotopic (exact) mass is 80.0 g/mol. The van der Waals surface area contributed by atoms with Gasteiger partial charge in [0, 0.05) is 6.04 Å². The van der Waals surface area contributed by atoms with Gasteiger partial charge in [0.2, 0.25) is 0 Å². The zero-order valence-corrected chi connectivity index (χ0v) is 3.49. The van der Waals surface area contributed by atoms with Crippen molar-refractivity contribution in [3.63, 3.8) is 0 Å². The highest BCUT2D eigenvalue weighted by Crippen LogP contribution is 1.83. The van der Waals surface area contributed by atoms with E-state index in [9.17, 15) is 0 Å². The van der Waals surface area contributed by atoms with Gasteiger partial charge in [-0.2, -0.15) is 0 Å². The van der Waals surface area contributed by atoms with E-state index in [1.807, 2.05) is 0 Å². The van der Waals surface area contributed by atoms with Crippen molar-refractivity contribution in [3.05, 3.63) is 6.42 Å². The van der Waals surface area contributed by atoms with Gasteiger partial charge in [0.05, 0.1) is 0 Å². The molecule has 0 aromatic carbocycles. The zero-order valence-electron chi connectivity index (χ0n) is 3.49. The first-order valence-corrected chi connectivity index (χ1v) is 2.02. The molecule has 6 heavy (non-hydrogen) atoms. The van der Waals surface area contributed by atoms with Crippen LogP contribution in [-0.4, -0.2) is 6.54 Å². The molecule has 0 spiro atoms. The predicted octanol–water partition coefficient (Wildman–Crippen LogP) is 0.145. The van der Waals surface area contributed by atoms with Crippen LogP contribution in [0.25, 0.3) is 0 Å². The summed E-state index contributed by atoms with van der Waals surface area (Å²) in [5.41, 5.74) is 0. The third-order valence-corrected chi connectivity index (χ3v) is 0.670. The highest BCUT2D eigenvalue weighted by Gasteiger charge is 1.94. The van der Waals surface area contributed by atoms with Crippen molar-refractivity contribution in [1.29, 1.82) is 0 Å². The van der Waals surface area contributed by atoms with E-state index >= 15 is 0 Å². The van der Waals surface area contributed by atoms with Crippen molar-refractivity contribution in [1.82, 2.24) is 5.32 Å². The molecule has 0 fully saturated rings. The van der Waals surface area contributed by atoms with E-state index in [-0.39, 0.29) is 0 Å². The van der Waals surface area contributed by atoms with Gasteiger partial charge < -0.3 is 5.32 Å². The molecule has 0 saturated heterocycles. The molecule has 0 saturated carbocycles. The summed E-state index contributed by atoms with van der Waals surface area (Å²) >= 11 is 0. The minimum Gasteiger partial charge on any atom is -0.306 e. The summed E-state index contributed by atoms with van der Waals surface area (Å²) in [4.78, 5) is 0. The first-order valence-electron chi connectivity index (χ1n) is 2.02. The Bertz CT molecular complexity index is 75.8. The largest absolute Gasteiger partial charge is 0.306 e. The van der Waals surface area contributed by atoms with E-state index in [1.165, 1.54) is 0 Å². The fraction of sp³-hybridized carbons (Fsp3) is 0.400. The highest BCUT2D eigenvalue weighted by atomic mass is 14.8. The quantitative estimate of drug-likeness (QED) is 0.322. The molecule has 1 heterocycles. The van der Waals surface area contributed by atoms with Gasteiger partial charge in [0.15, 0.2) is 13.0 Å². The minimum absolute atomic E-state index is 0.951. The molecule has 0 atom stereocenters. The molecule has 1 rings (SSSR count). The fourth-order valence-corrected chi connectivity index (χ4v) is 0.381. The summed E-state index contributed by atoms with van der Waals surface area (Å²) < 4.78 is 0. The van der Waals surface area contributed by atoms with Crippen LogP contribution in [0.1, 0.15) is 6.42 Å². The summed E-state index contributed by atoms with van der Waals surface area (Å²) in [7, 11) is 0. The van der Waals surface area contributed by atoms with Crippen LogP contribution < -0.4 is 5.32 Å². The normalized spacial score (nSPS) is 16.0. The van der Waals surface area contributed by atoms with Crippen LogP contribution in [0.5, 0.6) is 0 Å². The molecule has 0 bridgehead atoms. The van der Waals surface area contributed by atoms with Crippen LogP contribution in [-0.2, 0) is 0 Å². The molecule has 1 aliphatic rings. The van der Waals surface area contributed by atoms with Gasteiger partial charge in [-0.15, -0.1) is 0 Å². The third kappa shape index (κ3) is 0.587. The molecule has 30 valence electrons. The zero-order chi connectivity index (χ0) is 4.24. The average molecular weight is 80.1 g/mol. The molecule has 0 radical (unpaired) electrons. The van der Waals surface area contributed by atoms with Crippen LogP contribution in [0.2, 0.25) is 0 Å². The molecule has 1 heteroatoms. The highest BCUT2D eigenvalue weighted by molar-refractivity contribution is 5.05. The smallest absolute Gasteiger partial charge is 0.165 e. The van der Waals surface area contributed by atoms with E-state index in [0.717, 1.165) is 13.0 Å². The molecule has 1 N–H and O–H groups in total. The Morgan fingerprint density at radius 3 is 2.83 bits per heavy atom. The summed E-state index contributed by atoms with van der Waals surface area (Å²) in [6.07, 6.45) is 3.06. The van der Waals surface area contributed by atoms with Gasteiger partial charge in [0.25, 0.3) is 0 Å². The van der Waals surface area contributed by atoms with Gasteiger partial charge in [-0.25, -0.2) is 0 Å². The van der Waals surface area contributed by atoms with Crippen molar-refractivity contribution >= 4 is 0 Å². The van der Waals surface area contributed by atoms with E-state index < -0.39 is 0 Å². The van der Waals surface area contributed by atoms with Crippen molar-refractivity contribution in [2.45, 2.75) is 6.42 Å². The molecule has 0 aliphatic carbocycles. The topological polar surface area (TPSA) is 12.0 Å². The molecule has 0 amide bonds. The molecular formula is C5H6N+. The van der Waals surface area contributed by atoms with Gasteiger partial charge >= 0.3 is 0 Å².